The number of benzene rings is 1. The van der Waals surface area contributed by atoms with Crippen LogP contribution in [0.1, 0.15) is 37.2 Å². The molecule has 0 radical (unpaired) electrons. The molecule has 2 aromatic rings. The van der Waals surface area contributed by atoms with Crippen molar-refractivity contribution in [1.82, 2.24) is 9.97 Å². The van der Waals surface area contributed by atoms with Gasteiger partial charge in [0.05, 0.1) is 32.8 Å². The third-order valence-corrected chi connectivity index (χ3v) is 5.85. The van der Waals surface area contributed by atoms with E-state index in [1.165, 1.54) is 21.3 Å². The zero-order chi connectivity index (χ0) is 23.5. The van der Waals surface area contributed by atoms with Gasteiger partial charge in [-0.05, 0) is 19.3 Å². The first-order valence-corrected chi connectivity index (χ1v) is 10.8. The van der Waals surface area contributed by atoms with Crippen molar-refractivity contribution in [2.75, 3.05) is 55.7 Å². The fourth-order valence-electron chi connectivity index (χ4n) is 4.23. The Morgan fingerprint density at radius 2 is 1.76 bits per heavy atom. The number of hydrogen-bond acceptors (Lipinski definition) is 9. The highest BCUT2D eigenvalue weighted by molar-refractivity contribution is 6.05. The van der Waals surface area contributed by atoms with Crippen molar-refractivity contribution in [2.24, 2.45) is 0 Å². The quantitative estimate of drug-likeness (QED) is 0.596. The first-order chi connectivity index (χ1) is 15.9. The number of hydrogen-bond donors (Lipinski definition) is 3. The number of nitrogen functional groups attached to an aromatic ring is 1. The molecule has 4 N–H and O–H groups in total. The fraction of sp³-hybridized carbons (Fsp3) is 0.455. The number of nitrogens with one attached hydrogen (secondary N) is 2. The SMILES string of the molecule is COc1cc(NC(=O)[C@@H]2CC(=O)Nc3nc(N4CCCCC4)nc(N)c32)cc(OC)c1OC. The predicted octanol–water partition coefficient (Wildman–Crippen LogP) is 2.14. The number of ether oxygens (including phenoxy) is 3. The number of piperidine rings is 1. The van der Waals surface area contributed by atoms with Crippen LogP contribution in [-0.4, -0.2) is 56.2 Å². The number of methoxy groups -OCH3 is 3. The van der Waals surface area contributed by atoms with Gasteiger partial charge in [0, 0.05) is 37.3 Å². The lowest BCUT2D eigenvalue weighted by atomic mass is 9.91. The molecule has 33 heavy (non-hydrogen) atoms. The van der Waals surface area contributed by atoms with Crippen LogP contribution in [0.4, 0.5) is 23.3 Å². The minimum absolute atomic E-state index is 0.0696. The summed E-state index contributed by atoms with van der Waals surface area (Å²) in [5, 5.41) is 5.57. The highest BCUT2D eigenvalue weighted by Crippen LogP contribution is 2.41. The molecule has 0 unspecified atom stereocenters. The number of fused-ring (bicyclic) bond motifs is 1. The maximum atomic E-state index is 13.2. The Bertz CT molecular complexity index is 1040. The first-order valence-electron chi connectivity index (χ1n) is 10.8. The van der Waals surface area contributed by atoms with Gasteiger partial charge < -0.3 is 35.5 Å². The Balaban J connectivity index is 1.64. The maximum Gasteiger partial charge on any atom is 0.232 e. The molecule has 0 spiro atoms. The Labute approximate surface area is 191 Å². The van der Waals surface area contributed by atoms with E-state index in [4.69, 9.17) is 19.9 Å². The predicted molar refractivity (Wildman–Crippen MR) is 123 cm³/mol. The number of aromatic nitrogens is 2. The number of amides is 2. The summed E-state index contributed by atoms with van der Waals surface area (Å²) >= 11 is 0. The van der Waals surface area contributed by atoms with Gasteiger partial charge in [0.1, 0.15) is 11.6 Å². The van der Waals surface area contributed by atoms with E-state index in [1.807, 2.05) is 4.90 Å². The first kappa shape index (κ1) is 22.4. The van der Waals surface area contributed by atoms with E-state index in [-0.39, 0.29) is 24.0 Å². The van der Waals surface area contributed by atoms with Crippen molar-refractivity contribution in [3.63, 3.8) is 0 Å². The van der Waals surface area contributed by atoms with Gasteiger partial charge in [-0.2, -0.15) is 9.97 Å². The summed E-state index contributed by atoms with van der Waals surface area (Å²) in [6, 6.07) is 3.23. The van der Waals surface area contributed by atoms with Crippen molar-refractivity contribution in [2.45, 2.75) is 31.6 Å². The molecule has 1 aromatic heterocycles. The Hall–Kier alpha value is -3.76. The number of anilines is 4. The van der Waals surface area contributed by atoms with Crippen molar-refractivity contribution < 1.29 is 23.8 Å². The number of nitrogens with zero attached hydrogens (tertiary/aromatic N) is 3. The molecule has 1 saturated heterocycles. The van der Waals surface area contributed by atoms with Crippen LogP contribution in [0.25, 0.3) is 0 Å². The second kappa shape index (κ2) is 9.39. The van der Waals surface area contributed by atoms with Crippen LogP contribution in [0.2, 0.25) is 0 Å². The number of carbonyl (C=O) groups excluding carboxylic acids is 2. The lowest BCUT2D eigenvalue weighted by molar-refractivity contribution is -0.123. The maximum absolute atomic E-state index is 13.2. The number of carbonyl (C=O) groups is 2. The van der Waals surface area contributed by atoms with Gasteiger partial charge in [-0.25, -0.2) is 0 Å². The molecule has 4 rings (SSSR count). The van der Waals surface area contributed by atoms with E-state index in [9.17, 15) is 9.59 Å². The summed E-state index contributed by atoms with van der Waals surface area (Å²) in [6.45, 7) is 1.66. The van der Waals surface area contributed by atoms with Gasteiger partial charge in [-0.1, -0.05) is 0 Å². The normalized spacial score (nSPS) is 17.6. The summed E-state index contributed by atoms with van der Waals surface area (Å²) in [6.07, 6.45) is 3.19. The van der Waals surface area contributed by atoms with E-state index in [2.05, 4.69) is 20.6 Å². The van der Waals surface area contributed by atoms with Crippen LogP contribution >= 0.6 is 0 Å². The van der Waals surface area contributed by atoms with Crippen molar-refractivity contribution in [3.8, 4) is 17.2 Å². The van der Waals surface area contributed by atoms with Crippen molar-refractivity contribution >= 4 is 35.1 Å². The topological polar surface area (TPSA) is 141 Å². The highest BCUT2D eigenvalue weighted by atomic mass is 16.5. The Kier molecular flexibility index (Phi) is 6.38. The van der Waals surface area contributed by atoms with Gasteiger partial charge in [0.25, 0.3) is 0 Å². The molecule has 0 aliphatic carbocycles. The van der Waals surface area contributed by atoms with Crippen LogP contribution < -0.4 is 35.5 Å². The van der Waals surface area contributed by atoms with Crippen LogP contribution in [-0.2, 0) is 9.59 Å². The molecule has 11 heteroatoms. The van der Waals surface area contributed by atoms with E-state index in [1.54, 1.807) is 12.1 Å². The zero-order valence-electron chi connectivity index (χ0n) is 18.9. The second-order valence-electron chi connectivity index (χ2n) is 7.93. The van der Waals surface area contributed by atoms with Crippen LogP contribution in [0.15, 0.2) is 12.1 Å². The lowest BCUT2D eigenvalue weighted by Gasteiger charge is -2.30. The van der Waals surface area contributed by atoms with Gasteiger partial charge >= 0.3 is 0 Å². The minimum Gasteiger partial charge on any atom is -0.493 e. The second-order valence-corrected chi connectivity index (χ2v) is 7.93. The van der Waals surface area contributed by atoms with Gasteiger partial charge in [-0.15, -0.1) is 0 Å². The summed E-state index contributed by atoms with van der Waals surface area (Å²) < 4.78 is 16.0. The molecule has 1 fully saturated rings. The fourth-order valence-corrected chi connectivity index (χ4v) is 4.23. The molecule has 2 amide bonds. The number of nitrogens with two attached hydrogens (primary N) is 1. The average molecular weight is 457 g/mol. The standard InChI is InChI=1S/C22H28N6O5/c1-31-14-9-12(10-15(32-2)18(14)33-3)24-21(30)13-11-16(29)25-20-17(13)19(23)26-22(27-20)28-7-5-4-6-8-28/h9-10,13H,4-8,11H2,1-3H3,(H,24,30)(H3,23,25,26,27,29)/t13-/m1/s1. The van der Waals surface area contributed by atoms with E-state index in [0.717, 1.165) is 32.4 Å². The molecular weight excluding hydrogens is 428 g/mol. The summed E-state index contributed by atoms with van der Waals surface area (Å²) in [4.78, 5) is 36.7. The molecule has 3 heterocycles. The van der Waals surface area contributed by atoms with Crippen LogP contribution in [0.5, 0.6) is 17.2 Å². The van der Waals surface area contributed by atoms with Crippen molar-refractivity contribution in [3.05, 3.63) is 17.7 Å². The minimum atomic E-state index is -0.844. The highest BCUT2D eigenvalue weighted by Gasteiger charge is 2.35. The smallest absolute Gasteiger partial charge is 0.232 e. The average Bonchev–Trinajstić information content (AvgIpc) is 2.82. The van der Waals surface area contributed by atoms with E-state index >= 15 is 0 Å². The van der Waals surface area contributed by atoms with Crippen molar-refractivity contribution in [1.29, 1.82) is 0 Å². The third kappa shape index (κ3) is 4.43. The number of rotatable bonds is 6. The van der Waals surface area contributed by atoms with Crippen LogP contribution in [0, 0.1) is 0 Å². The van der Waals surface area contributed by atoms with Gasteiger partial charge in [0.15, 0.2) is 11.5 Å². The summed E-state index contributed by atoms with van der Waals surface area (Å²) in [7, 11) is 4.47. The van der Waals surface area contributed by atoms with E-state index < -0.39 is 11.8 Å². The molecule has 2 aliphatic heterocycles. The summed E-state index contributed by atoms with van der Waals surface area (Å²) in [5.41, 5.74) is 7.12. The lowest BCUT2D eigenvalue weighted by Crippen LogP contribution is -2.35. The summed E-state index contributed by atoms with van der Waals surface area (Å²) in [5.74, 6) is 0.556. The Morgan fingerprint density at radius 3 is 2.36 bits per heavy atom. The molecular formula is C22H28N6O5. The molecule has 2 aliphatic rings. The third-order valence-electron chi connectivity index (χ3n) is 5.85. The monoisotopic (exact) mass is 456 g/mol. The largest absolute Gasteiger partial charge is 0.493 e. The van der Waals surface area contributed by atoms with E-state index in [0.29, 0.717) is 34.4 Å². The zero-order valence-corrected chi connectivity index (χ0v) is 18.9. The molecule has 0 bridgehead atoms. The molecule has 0 saturated carbocycles. The molecule has 1 aromatic carbocycles. The molecule has 1 atom stereocenters. The molecule has 176 valence electrons. The van der Waals surface area contributed by atoms with Gasteiger partial charge in [0.2, 0.25) is 23.5 Å². The van der Waals surface area contributed by atoms with Gasteiger partial charge in [-0.3, -0.25) is 9.59 Å². The molecule has 11 nitrogen and oxygen atoms in total. The van der Waals surface area contributed by atoms with Crippen LogP contribution in [0.3, 0.4) is 0 Å². The Morgan fingerprint density at radius 1 is 1.09 bits per heavy atom.